The second-order valence-electron chi connectivity index (χ2n) is 2.41. The first-order chi connectivity index (χ1) is 6.39. The molecule has 14 heavy (non-hydrogen) atoms. The molecular weight excluding hydrogens is 208 g/mol. The van der Waals surface area contributed by atoms with E-state index in [1.165, 1.54) is 0 Å². The predicted molar refractivity (Wildman–Crippen MR) is 39.6 cm³/mol. The largest absolute Gasteiger partial charge is 0.511 e. The van der Waals surface area contributed by atoms with Crippen LogP contribution in [0.4, 0.5) is 21.7 Å². The third-order valence-corrected chi connectivity index (χ3v) is 1.34. The van der Waals surface area contributed by atoms with Gasteiger partial charge in [0.25, 0.3) is 0 Å². The number of hydrogen-bond donors (Lipinski definition) is 0. The molecule has 0 saturated carbocycles. The molecule has 1 aromatic heterocycles. The molecule has 78 valence electrons. The molecule has 0 N–H and O–H groups in total. The van der Waals surface area contributed by atoms with Crippen molar-refractivity contribution in [2.75, 3.05) is 0 Å². The fraction of sp³-hybridized carbons (Fsp3) is 0.167. The lowest BCUT2D eigenvalue weighted by Gasteiger charge is -2.14. The minimum Gasteiger partial charge on any atom is -0.445 e. The van der Waals surface area contributed by atoms with Crippen LogP contribution in [0.15, 0.2) is 18.5 Å². The van der Waals surface area contributed by atoms with Crippen molar-refractivity contribution in [2.24, 2.45) is 0 Å². The van der Waals surface area contributed by atoms with Gasteiger partial charge in [0.1, 0.15) is 5.75 Å². The van der Waals surface area contributed by atoms with Crippen molar-refractivity contribution in [1.29, 1.82) is 0 Å². The van der Waals surface area contributed by atoms with E-state index in [1.807, 2.05) is 0 Å². The summed E-state index contributed by atoms with van der Waals surface area (Å²) in [7, 11) is 0. The summed E-state index contributed by atoms with van der Waals surface area (Å²) >= 11 is 0. The maximum atomic E-state index is 12.1. The lowest BCUT2D eigenvalue weighted by molar-refractivity contribution is -0.0500. The van der Waals surface area contributed by atoms with Crippen molar-refractivity contribution in [2.45, 2.75) is 6.61 Å². The van der Waals surface area contributed by atoms with Gasteiger partial charge in [-0.1, -0.05) is 5.46 Å². The Kier molecular flexibility index (Phi) is 2.92. The molecule has 0 aromatic carbocycles. The van der Waals surface area contributed by atoms with Gasteiger partial charge in [-0.05, 0) is 6.07 Å². The monoisotopic (exact) mass is 212 g/mol. The Morgan fingerprint density at radius 1 is 1.21 bits per heavy atom. The molecule has 1 rings (SSSR count). The van der Waals surface area contributed by atoms with Gasteiger partial charge in [0.05, 0.1) is 6.20 Å². The van der Waals surface area contributed by atoms with Gasteiger partial charge < -0.3 is 17.7 Å². The van der Waals surface area contributed by atoms with Crippen LogP contribution in [0.25, 0.3) is 0 Å². The molecular formula is C6H4BF5NO-. The molecule has 0 amide bonds. The molecule has 8 heteroatoms. The van der Waals surface area contributed by atoms with Gasteiger partial charge in [-0.15, -0.1) is 0 Å². The van der Waals surface area contributed by atoms with Crippen molar-refractivity contribution < 1.29 is 26.5 Å². The van der Waals surface area contributed by atoms with Crippen molar-refractivity contribution in [3.8, 4) is 5.75 Å². The molecule has 0 unspecified atom stereocenters. The lowest BCUT2D eigenvalue weighted by Crippen LogP contribution is -2.34. The molecule has 0 spiro atoms. The quantitative estimate of drug-likeness (QED) is 0.562. The first-order valence-corrected chi connectivity index (χ1v) is 3.49. The van der Waals surface area contributed by atoms with Crippen LogP contribution >= 0.6 is 0 Å². The fourth-order valence-electron chi connectivity index (χ4n) is 0.782. The summed E-state index contributed by atoms with van der Waals surface area (Å²) in [4.78, 5) is 3.14. The van der Waals surface area contributed by atoms with E-state index in [4.69, 9.17) is 0 Å². The van der Waals surface area contributed by atoms with Crippen molar-refractivity contribution in [1.82, 2.24) is 4.98 Å². The Labute approximate surface area is 75.8 Å². The first-order valence-electron chi connectivity index (χ1n) is 3.49. The van der Waals surface area contributed by atoms with Crippen LogP contribution in [0.2, 0.25) is 0 Å². The third-order valence-electron chi connectivity index (χ3n) is 1.34. The summed E-state index contributed by atoms with van der Waals surface area (Å²) in [5.41, 5.74) is -1.07. The second kappa shape index (κ2) is 3.81. The highest BCUT2D eigenvalue weighted by atomic mass is 19.4. The topological polar surface area (TPSA) is 22.1 Å². The van der Waals surface area contributed by atoms with Crippen LogP contribution in [-0.4, -0.2) is 18.6 Å². The number of rotatable bonds is 3. The third kappa shape index (κ3) is 2.86. The fourth-order valence-corrected chi connectivity index (χ4v) is 0.782. The SMILES string of the molecule is FC(F)Oc1cncc([B-](F)(F)F)c1. The van der Waals surface area contributed by atoms with E-state index in [2.05, 4.69) is 9.72 Å². The number of ether oxygens (including phenoxy) is 1. The van der Waals surface area contributed by atoms with E-state index in [0.29, 0.717) is 12.3 Å². The summed E-state index contributed by atoms with van der Waals surface area (Å²) in [6.07, 6.45) is 1.34. The zero-order valence-electron chi connectivity index (χ0n) is 6.63. The van der Waals surface area contributed by atoms with Gasteiger partial charge in [0.2, 0.25) is 0 Å². The summed E-state index contributed by atoms with van der Waals surface area (Å²) in [5.74, 6) is -0.600. The minimum absolute atomic E-state index is 0.485. The highest BCUT2D eigenvalue weighted by Crippen LogP contribution is 2.14. The Morgan fingerprint density at radius 3 is 2.36 bits per heavy atom. The normalized spacial score (nSPS) is 11.9. The molecule has 0 bridgehead atoms. The van der Waals surface area contributed by atoms with Gasteiger partial charge in [-0.3, -0.25) is 4.98 Å². The number of alkyl halides is 2. The van der Waals surface area contributed by atoms with Crippen LogP contribution < -0.4 is 10.2 Å². The zero-order chi connectivity index (χ0) is 10.8. The van der Waals surface area contributed by atoms with Crippen LogP contribution in [0.3, 0.4) is 0 Å². The Hall–Kier alpha value is -1.34. The average molecular weight is 212 g/mol. The summed E-state index contributed by atoms with van der Waals surface area (Å²) in [5, 5.41) is 0. The van der Waals surface area contributed by atoms with E-state index in [0.717, 1.165) is 6.20 Å². The molecule has 0 radical (unpaired) electrons. The molecule has 1 aromatic rings. The standard InChI is InChI=1S/C6H4BF5NO/c8-6(9)14-5-1-4(2-13-3-5)7(10,11)12/h1-3,6H/q-1. The maximum absolute atomic E-state index is 12.1. The molecule has 0 aliphatic heterocycles. The zero-order valence-corrected chi connectivity index (χ0v) is 6.63. The average Bonchev–Trinajstić information content (AvgIpc) is 2.01. The van der Waals surface area contributed by atoms with Crippen LogP contribution in [0.1, 0.15) is 0 Å². The van der Waals surface area contributed by atoms with Crippen molar-refractivity contribution in [3.05, 3.63) is 18.5 Å². The molecule has 0 fully saturated rings. The van der Waals surface area contributed by atoms with Crippen molar-refractivity contribution >= 4 is 12.4 Å². The number of pyridine rings is 1. The van der Waals surface area contributed by atoms with Crippen LogP contribution in [0.5, 0.6) is 5.75 Å². The summed E-state index contributed by atoms with van der Waals surface area (Å²) < 4.78 is 63.3. The van der Waals surface area contributed by atoms with Crippen molar-refractivity contribution in [3.63, 3.8) is 0 Å². The number of nitrogens with zero attached hydrogens (tertiary/aromatic N) is 1. The van der Waals surface area contributed by atoms with E-state index in [1.54, 1.807) is 0 Å². The highest BCUT2D eigenvalue weighted by Gasteiger charge is 2.26. The second-order valence-corrected chi connectivity index (χ2v) is 2.41. The van der Waals surface area contributed by atoms with E-state index < -0.39 is 24.8 Å². The van der Waals surface area contributed by atoms with E-state index in [9.17, 15) is 21.7 Å². The van der Waals surface area contributed by atoms with Gasteiger partial charge in [0.15, 0.2) is 0 Å². The molecule has 0 aliphatic rings. The Balaban J connectivity index is 2.90. The van der Waals surface area contributed by atoms with E-state index >= 15 is 0 Å². The number of hydrogen-bond acceptors (Lipinski definition) is 2. The molecule has 0 saturated heterocycles. The predicted octanol–water partition coefficient (Wildman–Crippen LogP) is 1.74. The van der Waals surface area contributed by atoms with Crippen LogP contribution in [0, 0.1) is 0 Å². The van der Waals surface area contributed by atoms with Gasteiger partial charge in [-0.25, -0.2) is 0 Å². The van der Waals surface area contributed by atoms with Gasteiger partial charge in [-0.2, -0.15) is 8.78 Å². The molecule has 0 aliphatic carbocycles. The number of halogens is 5. The van der Waals surface area contributed by atoms with Gasteiger partial charge >= 0.3 is 13.6 Å². The first kappa shape index (κ1) is 10.7. The van der Waals surface area contributed by atoms with Crippen LogP contribution in [-0.2, 0) is 0 Å². The number of aromatic nitrogens is 1. The molecule has 2 nitrogen and oxygen atoms in total. The molecule has 1 heterocycles. The van der Waals surface area contributed by atoms with Gasteiger partial charge in [0, 0.05) is 6.20 Å². The Bertz CT molecular complexity index is 315. The summed E-state index contributed by atoms with van der Waals surface area (Å²) in [6.45, 7) is -8.40. The lowest BCUT2D eigenvalue weighted by atomic mass is 9.81. The van der Waals surface area contributed by atoms with E-state index in [-0.39, 0.29) is 0 Å². The summed E-state index contributed by atoms with van der Waals surface area (Å²) in [6, 6.07) is 0.485. The minimum atomic E-state index is -5.24. The molecule has 0 atom stereocenters. The Morgan fingerprint density at radius 2 is 1.86 bits per heavy atom. The maximum Gasteiger partial charge on any atom is 0.511 e. The smallest absolute Gasteiger partial charge is 0.445 e. The highest BCUT2D eigenvalue weighted by molar-refractivity contribution is 6.73.